The van der Waals surface area contributed by atoms with Crippen molar-refractivity contribution in [3.05, 3.63) is 65.4 Å². The van der Waals surface area contributed by atoms with Crippen LogP contribution < -0.4 is 10.6 Å². The van der Waals surface area contributed by atoms with E-state index in [1.807, 2.05) is 36.4 Å². The van der Waals surface area contributed by atoms with Gasteiger partial charge >= 0.3 is 0 Å². The second kappa shape index (κ2) is 6.96. The van der Waals surface area contributed by atoms with Crippen LogP contribution in [0.15, 0.2) is 52.9 Å². The van der Waals surface area contributed by atoms with Gasteiger partial charge < -0.3 is 15.1 Å². The minimum atomic E-state index is -0.206. The molecular formula is C22H24N2O2. The smallest absolute Gasteiger partial charge is 0.242 e. The number of amides is 1. The normalized spacial score (nSPS) is 19.8. The fraction of sp³-hybridized carbons (Fsp3) is 0.318. The predicted octanol–water partition coefficient (Wildman–Crippen LogP) is 4.39. The molecule has 134 valence electrons. The van der Waals surface area contributed by atoms with Crippen molar-refractivity contribution in [1.29, 1.82) is 0 Å². The number of carbonyl (C=O) groups excluding carboxylic acids is 1. The van der Waals surface area contributed by atoms with Crippen molar-refractivity contribution >= 4 is 22.6 Å². The lowest BCUT2D eigenvalue weighted by Crippen LogP contribution is -2.39. The van der Waals surface area contributed by atoms with Gasteiger partial charge in [-0.2, -0.15) is 0 Å². The van der Waals surface area contributed by atoms with Crippen LogP contribution in [0.3, 0.4) is 0 Å². The van der Waals surface area contributed by atoms with E-state index in [9.17, 15) is 4.79 Å². The number of hydrogen-bond acceptors (Lipinski definition) is 3. The number of hydrogen-bond donors (Lipinski definition) is 2. The molecule has 0 spiro atoms. The average molecular weight is 348 g/mol. The van der Waals surface area contributed by atoms with Crippen LogP contribution >= 0.6 is 0 Å². The number of anilines is 1. The van der Waals surface area contributed by atoms with Crippen LogP contribution in [0.1, 0.15) is 36.1 Å². The molecule has 0 unspecified atom stereocenters. The van der Waals surface area contributed by atoms with Crippen LogP contribution in [0.2, 0.25) is 0 Å². The molecule has 2 N–H and O–H groups in total. The molecule has 0 saturated carbocycles. The Hall–Kier alpha value is -2.59. The summed E-state index contributed by atoms with van der Waals surface area (Å²) in [5, 5.41) is 7.47. The maximum Gasteiger partial charge on any atom is 0.242 e. The van der Waals surface area contributed by atoms with Crippen molar-refractivity contribution < 1.29 is 9.21 Å². The molecule has 0 bridgehead atoms. The van der Waals surface area contributed by atoms with E-state index in [1.165, 1.54) is 11.1 Å². The summed E-state index contributed by atoms with van der Waals surface area (Å²) in [5.41, 5.74) is 4.17. The van der Waals surface area contributed by atoms with Crippen molar-refractivity contribution in [2.45, 2.75) is 38.6 Å². The molecule has 2 aromatic carbocycles. The molecule has 2 heterocycles. The fourth-order valence-corrected chi connectivity index (χ4v) is 3.89. The molecule has 26 heavy (non-hydrogen) atoms. The SMILES string of the molecule is CCc1cc2cc(NC(=O)[C@H]3NCC[C@H]3c3ccccc3C)ccc2o1. The zero-order chi connectivity index (χ0) is 18.1. The van der Waals surface area contributed by atoms with Gasteiger partial charge in [-0.25, -0.2) is 0 Å². The Bertz CT molecular complexity index is 944. The summed E-state index contributed by atoms with van der Waals surface area (Å²) in [5.74, 6) is 1.19. The van der Waals surface area contributed by atoms with Gasteiger partial charge in [0, 0.05) is 23.4 Å². The van der Waals surface area contributed by atoms with Gasteiger partial charge in [-0.05, 0) is 55.3 Å². The molecule has 3 aromatic rings. The maximum atomic E-state index is 12.9. The van der Waals surface area contributed by atoms with Crippen molar-refractivity contribution in [3.8, 4) is 0 Å². The Kier molecular flexibility index (Phi) is 4.51. The van der Waals surface area contributed by atoms with E-state index in [0.717, 1.165) is 41.8 Å². The largest absolute Gasteiger partial charge is 0.461 e. The van der Waals surface area contributed by atoms with Crippen LogP contribution in [0, 0.1) is 6.92 Å². The van der Waals surface area contributed by atoms with Crippen LogP contribution in [-0.4, -0.2) is 18.5 Å². The highest BCUT2D eigenvalue weighted by atomic mass is 16.3. The molecule has 1 aliphatic rings. The van der Waals surface area contributed by atoms with Crippen molar-refractivity contribution in [3.63, 3.8) is 0 Å². The number of aryl methyl sites for hydroxylation is 2. The Morgan fingerprint density at radius 1 is 1.23 bits per heavy atom. The summed E-state index contributed by atoms with van der Waals surface area (Å²) in [7, 11) is 0. The van der Waals surface area contributed by atoms with Crippen LogP contribution in [-0.2, 0) is 11.2 Å². The van der Waals surface area contributed by atoms with Gasteiger partial charge in [0.05, 0.1) is 6.04 Å². The van der Waals surface area contributed by atoms with Crippen molar-refractivity contribution in [2.75, 3.05) is 11.9 Å². The summed E-state index contributed by atoms with van der Waals surface area (Å²) in [6.07, 6.45) is 1.84. The Morgan fingerprint density at radius 3 is 2.88 bits per heavy atom. The molecular weight excluding hydrogens is 324 g/mol. The first-order valence-corrected chi connectivity index (χ1v) is 9.28. The standard InChI is InChI=1S/C22H24N2O2/c1-3-17-13-15-12-16(8-9-20(15)26-17)24-22(25)21-19(10-11-23-21)18-7-5-4-6-14(18)2/h4-9,12-13,19,21,23H,3,10-11H2,1-2H3,(H,24,25)/t19-,21-/m0/s1. The lowest BCUT2D eigenvalue weighted by atomic mass is 9.88. The minimum absolute atomic E-state index is 0.0225. The molecule has 1 amide bonds. The van der Waals surface area contributed by atoms with Crippen molar-refractivity contribution in [2.24, 2.45) is 0 Å². The molecule has 1 aliphatic heterocycles. The third-order valence-corrected chi connectivity index (χ3v) is 5.28. The zero-order valence-corrected chi connectivity index (χ0v) is 15.2. The van der Waals surface area contributed by atoms with E-state index in [4.69, 9.17) is 4.42 Å². The second-order valence-electron chi connectivity index (χ2n) is 6.99. The highest BCUT2D eigenvalue weighted by Gasteiger charge is 2.34. The molecule has 1 saturated heterocycles. The summed E-state index contributed by atoms with van der Waals surface area (Å²) in [6.45, 7) is 5.04. The van der Waals surface area contributed by atoms with Crippen LogP contribution in [0.5, 0.6) is 0 Å². The molecule has 1 aromatic heterocycles. The van der Waals surface area contributed by atoms with Gasteiger partial charge in [-0.15, -0.1) is 0 Å². The number of furan rings is 1. The Balaban J connectivity index is 1.54. The predicted molar refractivity (Wildman–Crippen MR) is 105 cm³/mol. The molecule has 2 atom stereocenters. The lowest BCUT2D eigenvalue weighted by molar-refractivity contribution is -0.118. The summed E-state index contributed by atoms with van der Waals surface area (Å²) in [4.78, 5) is 12.9. The van der Waals surface area contributed by atoms with Gasteiger partial charge in [0.1, 0.15) is 11.3 Å². The highest BCUT2D eigenvalue weighted by molar-refractivity contribution is 5.97. The van der Waals surface area contributed by atoms with E-state index < -0.39 is 0 Å². The van der Waals surface area contributed by atoms with Gasteiger partial charge in [0.15, 0.2) is 0 Å². The van der Waals surface area contributed by atoms with E-state index in [-0.39, 0.29) is 17.9 Å². The lowest BCUT2D eigenvalue weighted by Gasteiger charge is -2.21. The first kappa shape index (κ1) is 16.9. The number of fused-ring (bicyclic) bond motifs is 1. The molecule has 0 radical (unpaired) electrons. The Morgan fingerprint density at radius 2 is 2.08 bits per heavy atom. The van der Waals surface area contributed by atoms with Gasteiger partial charge in [0.25, 0.3) is 0 Å². The average Bonchev–Trinajstić information content (AvgIpc) is 3.28. The van der Waals surface area contributed by atoms with Crippen LogP contribution in [0.4, 0.5) is 5.69 Å². The molecule has 4 heteroatoms. The van der Waals surface area contributed by atoms with Gasteiger partial charge in [0.2, 0.25) is 5.91 Å². The minimum Gasteiger partial charge on any atom is -0.461 e. The monoisotopic (exact) mass is 348 g/mol. The maximum absolute atomic E-state index is 12.9. The van der Waals surface area contributed by atoms with E-state index >= 15 is 0 Å². The highest BCUT2D eigenvalue weighted by Crippen LogP contribution is 2.31. The van der Waals surface area contributed by atoms with Gasteiger partial charge in [-0.3, -0.25) is 4.79 Å². The van der Waals surface area contributed by atoms with E-state index in [2.05, 4.69) is 36.6 Å². The first-order valence-electron chi connectivity index (χ1n) is 9.28. The second-order valence-corrected chi connectivity index (χ2v) is 6.99. The quantitative estimate of drug-likeness (QED) is 0.735. The number of benzene rings is 2. The number of carbonyl (C=O) groups is 1. The first-order chi connectivity index (χ1) is 12.7. The zero-order valence-electron chi connectivity index (χ0n) is 15.2. The summed E-state index contributed by atoms with van der Waals surface area (Å²) < 4.78 is 5.74. The van der Waals surface area contributed by atoms with Gasteiger partial charge in [-0.1, -0.05) is 31.2 Å². The summed E-state index contributed by atoms with van der Waals surface area (Å²) >= 11 is 0. The Labute approximate surface area is 153 Å². The third-order valence-electron chi connectivity index (χ3n) is 5.28. The number of nitrogens with one attached hydrogen (secondary N) is 2. The molecule has 1 fully saturated rings. The topological polar surface area (TPSA) is 54.3 Å². The van der Waals surface area contributed by atoms with Crippen molar-refractivity contribution in [1.82, 2.24) is 5.32 Å². The third kappa shape index (κ3) is 3.13. The van der Waals surface area contributed by atoms with E-state index in [1.54, 1.807) is 0 Å². The fourth-order valence-electron chi connectivity index (χ4n) is 3.89. The molecule has 0 aliphatic carbocycles. The van der Waals surface area contributed by atoms with Crippen LogP contribution in [0.25, 0.3) is 11.0 Å². The summed E-state index contributed by atoms with van der Waals surface area (Å²) in [6, 6.07) is 16.0. The number of rotatable bonds is 4. The molecule has 4 nitrogen and oxygen atoms in total. The van der Waals surface area contributed by atoms with E-state index in [0.29, 0.717) is 0 Å². The molecule has 4 rings (SSSR count).